The van der Waals surface area contributed by atoms with Crippen molar-refractivity contribution >= 4 is 34.0 Å². The van der Waals surface area contributed by atoms with Gasteiger partial charge in [0, 0.05) is 72.8 Å². The molecule has 0 amide bonds. The Kier molecular flexibility index (Phi) is 162. The molecule has 6 radical (unpaired) electrons. The van der Waals surface area contributed by atoms with E-state index in [1.807, 2.05) is 0 Å². The molecule has 18 valence electrons. The zero-order valence-electron chi connectivity index (χ0n) is 2.06. The summed E-state index contributed by atoms with van der Waals surface area (Å²) in [7, 11) is 0. The molecule has 0 N–H and O–H groups in total. The van der Waals surface area contributed by atoms with E-state index < -0.39 is 0 Å². The second-order valence-corrected chi connectivity index (χ2v) is 0. The summed E-state index contributed by atoms with van der Waals surface area (Å²) >= 11 is 0. The van der Waals surface area contributed by atoms with Crippen LogP contribution >= 0.6 is 0 Å². The van der Waals surface area contributed by atoms with Crippen LogP contribution in [0.25, 0.3) is 0 Å². The van der Waals surface area contributed by atoms with Gasteiger partial charge in [0.15, 0.2) is 0 Å². The van der Waals surface area contributed by atoms with Crippen molar-refractivity contribution in [2.75, 3.05) is 0 Å². The van der Waals surface area contributed by atoms with Crippen molar-refractivity contribution in [3.05, 3.63) is 0 Å². The van der Waals surface area contributed by atoms with Crippen molar-refractivity contribution in [2.45, 2.75) is 0 Å². The predicted molar refractivity (Wildman–Crippen MR) is 11.5 cm³/mol. The van der Waals surface area contributed by atoms with Crippen LogP contribution in [0.5, 0.6) is 0 Å². The number of hydrogen-bond donors (Lipinski definition) is 0. The second-order valence-electron chi connectivity index (χ2n) is 0. The number of rotatable bonds is 0. The first-order valence-corrected chi connectivity index (χ1v) is 0. The monoisotopic (exact) mass is 156 g/mol. The van der Waals surface area contributed by atoms with Gasteiger partial charge in [-0.15, -0.1) is 0 Å². The van der Waals surface area contributed by atoms with Gasteiger partial charge in [-0.3, -0.25) is 0 Å². The van der Waals surface area contributed by atoms with Gasteiger partial charge in [-0.2, -0.15) is 0 Å². The minimum atomic E-state index is 0. The summed E-state index contributed by atoms with van der Waals surface area (Å²) in [4.78, 5) is 0. The smallest absolute Gasteiger partial charge is 0 e. The minimum absolute atomic E-state index is 0. The molecular weight excluding hydrogens is 156 g/mol. The average molecular weight is 156 g/mol. The average Bonchev–Trinajstić information content (AvgIpc) is 0. The molecule has 0 heterocycles. The Morgan fingerprint density at radius 3 is 1.00 bits per heavy atom. The molecule has 0 aromatic rings. The van der Waals surface area contributed by atoms with Crippen molar-refractivity contribution in [3.8, 4) is 0 Å². The third kappa shape index (κ3) is 8.88. The van der Waals surface area contributed by atoms with Crippen molar-refractivity contribution in [1.29, 1.82) is 0 Å². The Bertz CT molecular complexity index is 8.00. The maximum atomic E-state index is 0. The fourth-order valence-electron chi connectivity index (χ4n) is 0. The molecule has 4 heteroatoms. The first-order valence-electron chi connectivity index (χ1n) is 0. The van der Waals surface area contributed by atoms with Gasteiger partial charge >= 0.3 is 0 Å². The molecule has 0 saturated carbocycles. The van der Waals surface area contributed by atoms with Crippen molar-refractivity contribution in [1.82, 2.24) is 0 Å². The summed E-state index contributed by atoms with van der Waals surface area (Å²) in [6.07, 6.45) is 0. The molecule has 0 aromatic heterocycles. The normalized spacial score (nSPS) is 0. The molecule has 0 aliphatic heterocycles. The maximum Gasteiger partial charge on any atom is 0 e. The fraction of sp³-hybridized carbons (Fsp3) is 0. The van der Waals surface area contributed by atoms with Crippen LogP contribution in [0, 0.1) is 0 Å². The molecule has 4 heavy (non-hydrogen) atoms. The van der Waals surface area contributed by atoms with Gasteiger partial charge in [0.25, 0.3) is 0 Å². The van der Waals surface area contributed by atoms with E-state index in [4.69, 9.17) is 0 Å². The van der Waals surface area contributed by atoms with Crippen LogP contribution in [-0.4, -0.2) is 34.0 Å². The molecule has 0 aliphatic rings. The standard InChI is InChI=1S/Fe.Mg.Si.Ti. The summed E-state index contributed by atoms with van der Waals surface area (Å²) in [6, 6.07) is 0. The van der Waals surface area contributed by atoms with Crippen molar-refractivity contribution in [2.24, 2.45) is 0 Å². The molecule has 0 aromatic carbocycles. The van der Waals surface area contributed by atoms with E-state index in [0.29, 0.717) is 0 Å². The zero-order chi connectivity index (χ0) is 0. The Morgan fingerprint density at radius 1 is 1.00 bits per heavy atom. The molecule has 0 aliphatic carbocycles. The van der Waals surface area contributed by atoms with Gasteiger partial charge in [-0.1, -0.05) is 0 Å². The summed E-state index contributed by atoms with van der Waals surface area (Å²) < 4.78 is 0. The van der Waals surface area contributed by atoms with Crippen LogP contribution in [0.2, 0.25) is 0 Å². The number of hydrogen-bond acceptors (Lipinski definition) is 0. The predicted octanol–water partition coefficient (Wildman–Crippen LogP) is -0.767. The Labute approximate surface area is 72.0 Å². The molecule has 0 bridgehead atoms. The molecular formula is FeMgSiTi. The second kappa shape index (κ2) is 18.9. The Morgan fingerprint density at radius 2 is 1.00 bits per heavy atom. The molecule has 0 fully saturated rings. The first-order chi connectivity index (χ1) is 0. The van der Waals surface area contributed by atoms with Crippen LogP contribution in [0.3, 0.4) is 0 Å². The van der Waals surface area contributed by atoms with Crippen molar-refractivity contribution in [3.63, 3.8) is 0 Å². The molecule has 0 unspecified atom stereocenters. The van der Waals surface area contributed by atoms with E-state index in [-0.39, 0.29) is 72.8 Å². The van der Waals surface area contributed by atoms with E-state index in [1.54, 1.807) is 0 Å². The quantitative estimate of drug-likeness (QED) is 0.404. The van der Waals surface area contributed by atoms with Crippen LogP contribution < -0.4 is 0 Å². The molecule has 0 rings (SSSR count). The SMILES string of the molecule is [Fe].[Mg].[Si].[Ti]. The van der Waals surface area contributed by atoms with E-state index in [1.165, 1.54) is 0 Å². The summed E-state index contributed by atoms with van der Waals surface area (Å²) in [6.45, 7) is 0. The van der Waals surface area contributed by atoms with Crippen LogP contribution in [0.4, 0.5) is 0 Å². The molecule has 0 nitrogen and oxygen atoms in total. The van der Waals surface area contributed by atoms with Gasteiger partial charge in [0.1, 0.15) is 0 Å². The third-order valence-corrected chi connectivity index (χ3v) is 0. The zero-order valence-corrected chi connectivity index (χ0v) is 7.14. The fourth-order valence-corrected chi connectivity index (χ4v) is 0. The van der Waals surface area contributed by atoms with Gasteiger partial charge < -0.3 is 0 Å². The van der Waals surface area contributed by atoms with Crippen molar-refractivity contribution < 1.29 is 38.8 Å². The Hall–Kier alpha value is 2.22. The molecule has 0 atom stereocenters. The van der Waals surface area contributed by atoms with E-state index >= 15 is 0 Å². The first kappa shape index (κ1) is 34.4. The van der Waals surface area contributed by atoms with E-state index in [2.05, 4.69) is 0 Å². The van der Waals surface area contributed by atoms with Crippen LogP contribution in [-0.2, 0) is 38.8 Å². The summed E-state index contributed by atoms with van der Waals surface area (Å²) in [5.74, 6) is 0. The minimum Gasteiger partial charge on any atom is 0 e. The third-order valence-electron chi connectivity index (χ3n) is 0. The maximum absolute atomic E-state index is 0. The molecule has 0 spiro atoms. The van der Waals surface area contributed by atoms with Crippen LogP contribution in [0.15, 0.2) is 0 Å². The van der Waals surface area contributed by atoms with E-state index in [9.17, 15) is 0 Å². The van der Waals surface area contributed by atoms with Gasteiger partial charge in [-0.25, -0.2) is 0 Å². The summed E-state index contributed by atoms with van der Waals surface area (Å²) in [5, 5.41) is 0. The summed E-state index contributed by atoms with van der Waals surface area (Å²) in [5.41, 5.74) is 0. The molecule has 0 saturated heterocycles. The van der Waals surface area contributed by atoms with Gasteiger partial charge in [-0.05, 0) is 0 Å². The topological polar surface area (TPSA) is 0 Å². The van der Waals surface area contributed by atoms with Gasteiger partial charge in [0.2, 0.25) is 0 Å². The largest absolute Gasteiger partial charge is 0 e. The Balaban J connectivity index is 0. The van der Waals surface area contributed by atoms with Crippen LogP contribution in [0.1, 0.15) is 0 Å². The van der Waals surface area contributed by atoms with E-state index in [0.717, 1.165) is 0 Å². The van der Waals surface area contributed by atoms with Gasteiger partial charge in [0.05, 0.1) is 0 Å².